The second kappa shape index (κ2) is 7.94. The third-order valence-corrected chi connectivity index (χ3v) is 3.50. The molecule has 1 aromatic carbocycles. The predicted molar refractivity (Wildman–Crippen MR) is 96.5 cm³/mol. The maximum atomic E-state index is 12.0. The van der Waals surface area contributed by atoms with Crippen LogP contribution in [0, 0.1) is 11.8 Å². The van der Waals surface area contributed by atoms with Gasteiger partial charge in [0.2, 0.25) is 0 Å². The standard InChI is InChI=1S/C17H18N4O5/c1-4-21-15(18)14(16(23)20-17(21)24)19-13(22)8-6-10-5-7-11(25-2)12(9-10)26-3/h5,7,9H,4,18H2,1-3H3,(H,19,22)(H,20,23,24). The van der Waals surface area contributed by atoms with Crippen LogP contribution in [0.25, 0.3) is 0 Å². The number of hydrogen-bond donors (Lipinski definition) is 3. The molecule has 2 aromatic rings. The summed E-state index contributed by atoms with van der Waals surface area (Å²) in [6.07, 6.45) is 0. The number of aromatic amines is 1. The molecule has 0 bridgehead atoms. The molecule has 9 heteroatoms. The fraction of sp³-hybridized carbons (Fsp3) is 0.235. The quantitative estimate of drug-likeness (QED) is 0.667. The summed E-state index contributed by atoms with van der Waals surface area (Å²) in [4.78, 5) is 37.6. The van der Waals surface area contributed by atoms with Crippen molar-refractivity contribution in [1.82, 2.24) is 9.55 Å². The Labute approximate surface area is 148 Å². The summed E-state index contributed by atoms with van der Waals surface area (Å²) in [7, 11) is 2.99. The number of hydrogen-bond acceptors (Lipinski definition) is 6. The van der Waals surface area contributed by atoms with E-state index in [0.717, 1.165) is 4.57 Å². The molecule has 0 aliphatic heterocycles. The minimum atomic E-state index is -0.793. The lowest BCUT2D eigenvalue weighted by Crippen LogP contribution is -2.34. The van der Waals surface area contributed by atoms with Crippen LogP contribution in [0.15, 0.2) is 27.8 Å². The van der Waals surface area contributed by atoms with Gasteiger partial charge in [-0.2, -0.15) is 0 Å². The number of rotatable bonds is 4. The van der Waals surface area contributed by atoms with Gasteiger partial charge in [0, 0.05) is 18.0 Å². The summed E-state index contributed by atoms with van der Waals surface area (Å²) >= 11 is 0. The Hall–Kier alpha value is -3.67. The summed E-state index contributed by atoms with van der Waals surface area (Å²) in [6, 6.07) is 4.91. The third-order valence-electron chi connectivity index (χ3n) is 3.50. The van der Waals surface area contributed by atoms with Gasteiger partial charge in [-0.1, -0.05) is 5.92 Å². The first kappa shape index (κ1) is 18.7. The van der Waals surface area contributed by atoms with Crippen molar-refractivity contribution in [3.05, 3.63) is 44.6 Å². The summed E-state index contributed by atoms with van der Waals surface area (Å²) in [5.41, 5.74) is 4.62. The van der Waals surface area contributed by atoms with Crippen LogP contribution in [-0.2, 0) is 11.3 Å². The Kier molecular flexibility index (Phi) is 5.70. The monoisotopic (exact) mass is 358 g/mol. The normalized spacial score (nSPS) is 9.81. The molecule has 0 unspecified atom stereocenters. The Bertz CT molecular complexity index is 1010. The fourth-order valence-corrected chi connectivity index (χ4v) is 2.21. The highest BCUT2D eigenvalue weighted by atomic mass is 16.5. The van der Waals surface area contributed by atoms with Crippen LogP contribution in [0.5, 0.6) is 11.5 Å². The molecule has 9 nitrogen and oxygen atoms in total. The largest absolute Gasteiger partial charge is 0.493 e. The number of nitrogens with two attached hydrogens (primary N) is 1. The zero-order valence-corrected chi connectivity index (χ0v) is 14.5. The summed E-state index contributed by atoms with van der Waals surface area (Å²) < 4.78 is 11.4. The second-order valence-corrected chi connectivity index (χ2v) is 5.04. The molecule has 0 saturated heterocycles. The second-order valence-electron chi connectivity index (χ2n) is 5.04. The number of nitrogens with one attached hydrogen (secondary N) is 2. The molecule has 0 spiro atoms. The molecule has 0 radical (unpaired) electrons. The molecular formula is C17H18N4O5. The van der Waals surface area contributed by atoms with Gasteiger partial charge in [0.25, 0.3) is 5.56 Å². The van der Waals surface area contributed by atoms with Crippen LogP contribution in [0.1, 0.15) is 12.5 Å². The van der Waals surface area contributed by atoms with E-state index in [9.17, 15) is 14.4 Å². The molecule has 1 aromatic heterocycles. The van der Waals surface area contributed by atoms with E-state index in [1.54, 1.807) is 25.1 Å². The van der Waals surface area contributed by atoms with Gasteiger partial charge in [0.1, 0.15) is 11.5 Å². The Morgan fingerprint density at radius 1 is 1.27 bits per heavy atom. The van der Waals surface area contributed by atoms with Gasteiger partial charge in [-0.25, -0.2) is 4.79 Å². The summed E-state index contributed by atoms with van der Waals surface area (Å²) in [5.74, 6) is 5.11. The van der Waals surface area contributed by atoms with E-state index in [1.807, 2.05) is 0 Å². The van der Waals surface area contributed by atoms with E-state index in [0.29, 0.717) is 17.1 Å². The van der Waals surface area contributed by atoms with Crippen molar-refractivity contribution >= 4 is 17.4 Å². The van der Waals surface area contributed by atoms with Crippen LogP contribution in [0.4, 0.5) is 11.5 Å². The molecule has 136 valence electrons. The number of H-pyrrole nitrogens is 1. The first-order valence-electron chi connectivity index (χ1n) is 7.58. The molecule has 2 rings (SSSR count). The van der Waals surface area contributed by atoms with Gasteiger partial charge in [0.15, 0.2) is 11.5 Å². The number of benzene rings is 1. The lowest BCUT2D eigenvalue weighted by molar-refractivity contribution is -0.111. The van der Waals surface area contributed by atoms with E-state index in [2.05, 4.69) is 22.1 Å². The maximum absolute atomic E-state index is 12.0. The molecule has 1 amide bonds. The van der Waals surface area contributed by atoms with E-state index < -0.39 is 17.2 Å². The zero-order valence-electron chi connectivity index (χ0n) is 14.5. The van der Waals surface area contributed by atoms with E-state index in [-0.39, 0.29) is 18.1 Å². The number of nitrogens with zero attached hydrogens (tertiary/aromatic N) is 1. The van der Waals surface area contributed by atoms with E-state index in [4.69, 9.17) is 15.2 Å². The van der Waals surface area contributed by atoms with Gasteiger partial charge in [-0.05, 0) is 25.1 Å². The smallest absolute Gasteiger partial charge is 0.330 e. The molecular weight excluding hydrogens is 340 g/mol. The Morgan fingerprint density at radius 3 is 2.58 bits per heavy atom. The SMILES string of the molecule is CCn1c(N)c(NC(=O)C#Cc2ccc(OC)c(OC)c2)c(=O)[nH]c1=O. The van der Waals surface area contributed by atoms with Crippen molar-refractivity contribution < 1.29 is 14.3 Å². The molecule has 0 fully saturated rings. The average Bonchev–Trinajstić information content (AvgIpc) is 2.63. The molecule has 4 N–H and O–H groups in total. The maximum Gasteiger partial charge on any atom is 0.330 e. The van der Waals surface area contributed by atoms with Crippen LogP contribution in [0.2, 0.25) is 0 Å². The number of carbonyl (C=O) groups is 1. The Balaban J connectivity index is 2.28. The molecule has 0 saturated carbocycles. The molecule has 0 atom stereocenters. The van der Waals surface area contributed by atoms with Crippen molar-refractivity contribution in [3.63, 3.8) is 0 Å². The van der Waals surface area contributed by atoms with Crippen molar-refractivity contribution in [2.75, 3.05) is 25.3 Å². The number of ether oxygens (including phenoxy) is 2. The molecule has 0 aliphatic carbocycles. The zero-order chi connectivity index (χ0) is 19.3. The lowest BCUT2D eigenvalue weighted by Gasteiger charge is -2.10. The number of carbonyl (C=O) groups excluding carboxylic acids is 1. The minimum absolute atomic E-state index is 0.137. The van der Waals surface area contributed by atoms with Gasteiger partial charge >= 0.3 is 11.6 Å². The predicted octanol–water partition coefficient (Wildman–Crippen LogP) is 0.146. The van der Waals surface area contributed by atoms with Gasteiger partial charge in [-0.15, -0.1) is 0 Å². The lowest BCUT2D eigenvalue weighted by atomic mass is 10.2. The van der Waals surface area contributed by atoms with E-state index >= 15 is 0 Å². The molecule has 0 aliphatic rings. The number of anilines is 2. The van der Waals surface area contributed by atoms with Crippen LogP contribution >= 0.6 is 0 Å². The highest BCUT2D eigenvalue weighted by Gasteiger charge is 2.13. The summed E-state index contributed by atoms with van der Waals surface area (Å²) in [5, 5.41) is 2.30. The first-order chi connectivity index (χ1) is 12.4. The van der Waals surface area contributed by atoms with Crippen molar-refractivity contribution in [3.8, 4) is 23.3 Å². The van der Waals surface area contributed by atoms with Crippen LogP contribution in [0.3, 0.4) is 0 Å². The van der Waals surface area contributed by atoms with Crippen molar-refractivity contribution in [2.24, 2.45) is 0 Å². The fourth-order valence-electron chi connectivity index (χ4n) is 2.21. The highest BCUT2D eigenvalue weighted by molar-refractivity contribution is 6.05. The number of nitrogen functional groups attached to an aromatic ring is 1. The Morgan fingerprint density at radius 2 is 1.96 bits per heavy atom. The van der Waals surface area contributed by atoms with E-state index in [1.165, 1.54) is 14.2 Å². The molecule has 26 heavy (non-hydrogen) atoms. The third kappa shape index (κ3) is 3.87. The number of amides is 1. The number of methoxy groups -OCH3 is 2. The first-order valence-corrected chi connectivity index (χ1v) is 7.58. The van der Waals surface area contributed by atoms with Gasteiger partial charge in [0.05, 0.1) is 14.2 Å². The highest BCUT2D eigenvalue weighted by Crippen LogP contribution is 2.27. The minimum Gasteiger partial charge on any atom is -0.493 e. The average molecular weight is 358 g/mol. The van der Waals surface area contributed by atoms with Gasteiger partial charge < -0.3 is 20.5 Å². The van der Waals surface area contributed by atoms with Crippen LogP contribution in [-0.4, -0.2) is 29.7 Å². The van der Waals surface area contributed by atoms with Gasteiger partial charge in [-0.3, -0.25) is 19.1 Å². The summed E-state index contributed by atoms with van der Waals surface area (Å²) in [6.45, 7) is 1.92. The topological polar surface area (TPSA) is 128 Å². The molecule has 1 heterocycles. The number of aromatic nitrogens is 2. The van der Waals surface area contributed by atoms with Crippen molar-refractivity contribution in [1.29, 1.82) is 0 Å². The van der Waals surface area contributed by atoms with Crippen molar-refractivity contribution in [2.45, 2.75) is 13.5 Å². The van der Waals surface area contributed by atoms with Crippen LogP contribution < -0.4 is 31.8 Å².